The van der Waals surface area contributed by atoms with Gasteiger partial charge in [-0.05, 0) is 18.8 Å². The molecule has 0 saturated heterocycles. The zero-order valence-corrected chi connectivity index (χ0v) is 29.9. The fourth-order valence-electron chi connectivity index (χ4n) is 5.86. The van der Waals surface area contributed by atoms with Crippen LogP contribution in [0.3, 0.4) is 0 Å². The zero-order valence-electron chi connectivity index (χ0n) is 29.9. The van der Waals surface area contributed by atoms with Gasteiger partial charge in [0.25, 0.3) is 0 Å². The third-order valence-electron chi connectivity index (χ3n) is 8.83. The molecule has 0 aromatic carbocycles. The van der Waals surface area contributed by atoms with Crippen molar-refractivity contribution in [2.24, 2.45) is 5.92 Å². The number of carbonyl (C=O) groups is 2. The van der Waals surface area contributed by atoms with Crippen LogP contribution in [0.15, 0.2) is 0 Å². The van der Waals surface area contributed by atoms with Crippen molar-refractivity contribution in [2.75, 3.05) is 13.2 Å². The van der Waals surface area contributed by atoms with E-state index in [1.54, 1.807) is 0 Å². The van der Waals surface area contributed by atoms with Crippen molar-refractivity contribution in [2.45, 2.75) is 219 Å². The van der Waals surface area contributed by atoms with Crippen LogP contribution < -0.4 is 0 Å². The monoisotopic (exact) mass is 625 g/mol. The molecular formula is C39H76O5. The van der Waals surface area contributed by atoms with Crippen molar-refractivity contribution in [3.05, 3.63) is 0 Å². The van der Waals surface area contributed by atoms with Crippen LogP contribution in [-0.2, 0) is 19.1 Å². The van der Waals surface area contributed by atoms with E-state index in [0.717, 1.165) is 44.4 Å². The summed E-state index contributed by atoms with van der Waals surface area (Å²) >= 11 is 0. The molecule has 0 unspecified atom stereocenters. The van der Waals surface area contributed by atoms with Crippen LogP contribution in [-0.4, -0.2) is 36.4 Å². The molecule has 0 fully saturated rings. The second-order valence-electron chi connectivity index (χ2n) is 13.9. The number of esters is 2. The van der Waals surface area contributed by atoms with E-state index in [4.69, 9.17) is 9.47 Å². The fourth-order valence-corrected chi connectivity index (χ4v) is 5.86. The van der Waals surface area contributed by atoms with Gasteiger partial charge in [-0.2, -0.15) is 0 Å². The number of rotatable bonds is 35. The second kappa shape index (κ2) is 34.8. The first kappa shape index (κ1) is 42.9. The van der Waals surface area contributed by atoms with E-state index in [1.807, 2.05) is 0 Å². The maximum Gasteiger partial charge on any atom is 0.306 e. The highest BCUT2D eigenvalue weighted by molar-refractivity contribution is 5.70. The van der Waals surface area contributed by atoms with E-state index in [1.165, 1.54) is 141 Å². The number of carbonyl (C=O) groups excluding carboxylic acids is 2. The first-order chi connectivity index (χ1) is 21.5. The molecule has 0 saturated carbocycles. The summed E-state index contributed by atoms with van der Waals surface area (Å²) in [6.45, 7) is 6.51. The van der Waals surface area contributed by atoms with Crippen LogP contribution >= 0.6 is 0 Å². The molecule has 0 aromatic rings. The minimum absolute atomic E-state index is 0.0579. The minimum Gasteiger partial charge on any atom is -0.462 e. The van der Waals surface area contributed by atoms with Gasteiger partial charge in [0.1, 0.15) is 6.61 Å². The zero-order chi connectivity index (χ0) is 32.4. The molecule has 0 bridgehead atoms. The van der Waals surface area contributed by atoms with Crippen LogP contribution in [0.2, 0.25) is 0 Å². The van der Waals surface area contributed by atoms with Crippen molar-refractivity contribution >= 4 is 11.9 Å². The van der Waals surface area contributed by atoms with Crippen LogP contribution in [0, 0.1) is 5.92 Å². The number of ether oxygens (including phenoxy) is 2. The quantitative estimate of drug-likeness (QED) is 0.0561. The predicted molar refractivity (Wildman–Crippen MR) is 187 cm³/mol. The maximum atomic E-state index is 12.2. The van der Waals surface area contributed by atoms with E-state index in [0.29, 0.717) is 12.8 Å². The van der Waals surface area contributed by atoms with Crippen molar-refractivity contribution in [3.63, 3.8) is 0 Å². The van der Waals surface area contributed by atoms with Gasteiger partial charge in [0.05, 0.1) is 6.61 Å². The molecule has 0 heterocycles. The van der Waals surface area contributed by atoms with Crippen LogP contribution in [0.4, 0.5) is 0 Å². The van der Waals surface area contributed by atoms with Gasteiger partial charge in [0.2, 0.25) is 0 Å². The number of aliphatic hydroxyl groups excluding tert-OH is 1. The molecule has 44 heavy (non-hydrogen) atoms. The normalized spacial score (nSPS) is 12.1. The van der Waals surface area contributed by atoms with Crippen LogP contribution in [0.25, 0.3) is 0 Å². The molecule has 5 nitrogen and oxygen atoms in total. The Morgan fingerprint density at radius 1 is 0.500 bits per heavy atom. The third kappa shape index (κ3) is 33.8. The molecule has 0 aromatic heterocycles. The topological polar surface area (TPSA) is 72.8 Å². The molecule has 5 heteroatoms. The van der Waals surface area contributed by atoms with Crippen molar-refractivity contribution in [1.29, 1.82) is 0 Å². The lowest BCUT2D eigenvalue weighted by atomic mass is 10.0. The highest BCUT2D eigenvalue weighted by Gasteiger charge is 2.16. The standard InChI is InChI=1S/C39H76O5/c1-4-5-6-7-8-9-16-20-23-26-29-32-38(41)43-35-37(34-40)44-39(42)33-30-27-24-21-18-15-13-11-10-12-14-17-19-22-25-28-31-36(2)3/h36-37,40H,4-35H2,1-3H3/t37-/m0/s1. The highest BCUT2D eigenvalue weighted by atomic mass is 16.6. The summed E-state index contributed by atoms with van der Waals surface area (Å²) in [6, 6.07) is 0. The maximum absolute atomic E-state index is 12.2. The van der Waals surface area contributed by atoms with E-state index >= 15 is 0 Å². The highest BCUT2D eigenvalue weighted by Crippen LogP contribution is 2.16. The predicted octanol–water partition coefficient (Wildman–Crippen LogP) is 11.8. The van der Waals surface area contributed by atoms with Gasteiger partial charge >= 0.3 is 11.9 Å². The first-order valence-electron chi connectivity index (χ1n) is 19.5. The average molecular weight is 625 g/mol. The molecule has 1 N–H and O–H groups in total. The molecule has 0 amide bonds. The molecule has 1 atom stereocenters. The third-order valence-corrected chi connectivity index (χ3v) is 8.83. The largest absolute Gasteiger partial charge is 0.462 e. The van der Waals surface area contributed by atoms with Crippen molar-refractivity contribution in [1.82, 2.24) is 0 Å². The number of hydrogen-bond acceptors (Lipinski definition) is 5. The van der Waals surface area contributed by atoms with Gasteiger partial charge < -0.3 is 14.6 Å². The molecule has 0 radical (unpaired) electrons. The van der Waals surface area contributed by atoms with E-state index in [2.05, 4.69) is 20.8 Å². The van der Waals surface area contributed by atoms with Crippen molar-refractivity contribution in [3.8, 4) is 0 Å². The van der Waals surface area contributed by atoms with Gasteiger partial charge in [-0.15, -0.1) is 0 Å². The Balaban J connectivity index is 3.48. The number of aliphatic hydroxyl groups is 1. The summed E-state index contributed by atoms with van der Waals surface area (Å²) in [4.78, 5) is 24.2. The lowest BCUT2D eigenvalue weighted by Gasteiger charge is -2.15. The van der Waals surface area contributed by atoms with Crippen LogP contribution in [0.5, 0.6) is 0 Å². The number of hydrogen-bond donors (Lipinski definition) is 1. The summed E-state index contributed by atoms with van der Waals surface area (Å²) in [5.41, 5.74) is 0. The Morgan fingerprint density at radius 2 is 0.841 bits per heavy atom. The van der Waals surface area contributed by atoms with Crippen LogP contribution in [0.1, 0.15) is 213 Å². The van der Waals surface area contributed by atoms with Gasteiger partial charge in [-0.1, -0.05) is 188 Å². The molecule has 0 aliphatic rings. The van der Waals surface area contributed by atoms with E-state index in [9.17, 15) is 14.7 Å². The smallest absolute Gasteiger partial charge is 0.306 e. The molecule has 0 spiro atoms. The lowest BCUT2D eigenvalue weighted by molar-refractivity contribution is -0.161. The Hall–Kier alpha value is -1.10. The fraction of sp³-hybridized carbons (Fsp3) is 0.949. The Labute approximate surface area is 274 Å². The minimum atomic E-state index is -0.761. The van der Waals surface area contributed by atoms with Gasteiger partial charge in [0.15, 0.2) is 6.10 Å². The summed E-state index contributed by atoms with van der Waals surface area (Å²) in [6.07, 6.45) is 35.9. The summed E-state index contributed by atoms with van der Waals surface area (Å²) < 4.78 is 10.6. The average Bonchev–Trinajstić information content (AvgIpc) is 3.01. The lowest BCUT2D eigenvalue weighted by Crippen LogP contribution is -2.28. The SMILES string of the molecule is CCCCCCCCCCCCCC(=O)OC[C@H](CO)OC(=O)CCCCCCCCCCCCCCCCCCC(C)C. The van der Waals surface area contributed by atoms with Gasteiger partial charge in [-0.25, -0.2) is 0 Å². The van der Waals surface area contributed by atoms with E-state index < -0.39 is 6.10 Å². The van der Waals surface area contributed by atoms with Gasteiger partial charge in [-0.3, -0.25) is 9.59 Å². The summed E-state index contributed by atoms with van der Waals surface area (Å²) in [5, 5.41) is 9.53. The second-order valence-corrected chi connectivity index (χ2v) is 13.9. The first-order valence-corrected chi connectivity index (χ1v) is 19.5. The number of unbranched alkanes of at least 4 members (excludes halogenated alkanes) is 25. The summed E-state index contributed by atoms with van der Waals surface area (Å²) in [5.74, 6) is 0.280. The Kier molecular flexibility index (Phi) is 33.9. The Bertz CT molecular complexity index is 605. The molecule has 262 valence electrons. The molecule has 0 rings (SSSR count). The van der Waals surface area contributed by atoms with E-state index in [-0.39, 0.29) is 25.2 Å². The molecule has 0 aliphatic carbocycles. The molecular weight excluding hydrogens is 548 g/mol. The molecule has 0 aliphatic heterocycles. The Morgan fingerprint density at radius 3 is 1.20 bits per heavy atom. The van der Waals surface area contributed by atoms with Crippen molar-refractivity contribution < 1.29 is 24.2 Å². The summed E-state index contributed by atoms with van der Waals surface area (Å²) in [7, 11) is 0. The van der Waals surface area contributed by atoms with Gasteiger partial charge in [0, 0.05) is 12.8 Å².